The highest BCUT2D eigenvalue weighted by molar-refractivity contribution is 5.89. The van der Waals surface area contributed by atoms with Crippen LogP contribution in [0.15, 0.2) is 30.3 Å². The number of ether oxygens (including phenoxy) is 1. The van der Waals surface area contributed by atoms with Crippen LogP contribution in [0.5, 0.6) is 0 Å². The van der Waals surface area contributed by atoms with E-state index in [2.05, 4.69) is 0 Å². The normalized spacial score (nSPS) is 13.2. The molecule has 1 aromatic rings. The van der Waals surface area contributed by atoms with Gasteiger partial charge in [-0.2, -0.15) is 13.2 Å². The number of hydrogen-bond donors (Lipinski definition) is 1. The number of carbonyl (C=O) groups is 1. The van der Waals surface area contributed by atoms with Crippen LogP contribution in [0.2, 0.25) is 0 Å². The lowest BCUT2D eigenvalue weighted by molar-refractivity contribution is -0.148. The van der Waals surface area contributed by atoms with Crippen LogP contribution >= 0.6 is 0 Å². The lowest BCUT2D eigenvalue weighted by atomic mass is 10.1. The highest BCUT2D eigenvalue weighted by atomic mass is 19.4. The Balaban J connectivity index is 2.87. The molecule has 110 valence electrons. The Labute approximate surface area is 114 Å². The molecule has 1 N–H and O–H groups in total. The monoisotopic (exact) mass is 288 g/mol. The molecule has 0 atom stereocenters. The fraction of sp³-hybridized carbons (Fsp3) is 0.357. The van der Waals surface area contributed by atoms with Crippen molar-refractivity contribution in [2.45, 2.75) is 32.5 Å². The van der Waals surface area contributed by atoms with Crippen LogP contribution in [-0.4, -0.2) is 16.7 Å². The molecule has 0 heterocycles. The summed E-state index contributed by atoms with van der Waals surface area (Å²) in [5.74, 6) is -1.22. The maximum Gasteiger partial charge on any atom is 0.416 e. The Morgan fingerprint density at radius 1 is 1.15 bits per heavy atom. The molecule has 3 nitrogen and oxygen atoms in total. The molecule has 0 saturated heterocycles. The van der Waals surface area contributed by atoms with Gasteiger partial charge in [-0.15, -0.1) is 0 Å². The van der Waals surface area contributed by atoms with Crippen molar-refractivity contribution in [1.82, 2.24) is 0 Å². The molecule has 1 rings (SSSR count). The Hall–Kier alpha value is -1.98. The summed E-state index contributed by atoms with van der Waals surface area (Å²) in [6.45, 7) is 4.98. The fourth-order valence-electron chi connectivity index (χ4n) is 1.36. The van der Waals surface area contributed by atoms with E-state index in [-0.39, 0.29) is 5.56 Å². The molecule has 0 aromatic heterocycles. The predicted molar refractivity (Wildman–Crippen MR) is 67.9 cm³/mol. The first-order valence-electron chi connectivity index (χ1n) is 5.80. The number of aliphatic hydroxyl groups is 1. The van der Waals surface area contributed by atoms with Crippen LogP contribution in [0.4, 0.5) is 13.2 Å². The number of alkyl halides is 3. The summed E-state index contributed by atoms with van der Waals surface area (Å²) in [6, 6.07) is 3.82. The van der Waals surface area contributed by atoms with E-state index in [9.17, 15) is 23.1 Å². The van der Waals surface area contributed by atoms with Crippen molar-refractivity contribution in [2.75, 3.05) is 0 Å². The van der Waals surface area contributed by atoms with Gasteiger partial charge >= 0.3 is 12.1 Å². The molecule has 0 radical (unpaired) electrons. The minimum absolute atomic E-state index is 0.101. The summed E-state index contributed by atoms with van der Waals surface area (Å²) in [5, 5.41) is 9.66. The number of esters is 1. The molecule has 0 amide bonds. The van der Waals surface area contributed by atoms with Crippen molar-refractivity contribution in [1.29, 1.82) is 0 Å². The maximum atomic E-state index is 12.4. The third-order valence-corrected chi connectivity index (χ3v) is 2.17. The van der Waals surface area contributed by atoms with Gasteiger partial charge in [-0.3, -0.25) is 0 Å². The zero-order valence-corrected chi connectivity index (χ0v) is 11.3. The van der Waals surface area contributed by atoms with Crippen LogP contribution in [0.3, 0.4) is 0 Å². The van der Waals surface area contributed by atoms with Crippen molar-refractivity contribution < 1.29 is 27.8 Å². The quantitative estimate of drug-likeness (QED) is 0.509. The summed E-state index contributed by atoms with van der Waals surface area (Å²) in [7, 11) is 0. The molecule has 0 aliphatic carbocycles. The number of benzene rings is 1. The van der Waals surface area contributed by atoms with E-state index < -0.39 is 29.1 Å². The molecule has 0 fully saturated rings. The van der Waals surface area contributed by atoms with Crippen molar-refractivity contribution >= 4 is 11.7 Å². The van der Waals surface area contributed by atoms with E-state index in [0.29, 0.717) is 0 Å². The molecule has 0 bridgehead atoms. The molecule has 1 aromatic carbocycles. The van der Waals surface area contributed by atoms with E-state index in [4.69, 9.17) is 4.74 Å². The fourth-order valence-corrected chi connectivity index (χ4v) is 1.36. The second-order valence-corrected chi connectivity index (χ2v) is 5.14. The maximum absolute atomic E-state index is 12.4. The van der Waals surface area contributed by atoms with Gasteiger partial charge in [-0.1, -0.05) is 12.1 Å². The molecule has 6 heteroatoms. The van der Waals surface area contributed by atoms with Gasteiger partial charge in [-0.25, -0.2) is 4.79 Å². The summed E-state index contributed by atoms with van der Waals surface area (Å²) in [4.78, 5) is 11.4. The lowest BCUT2D eigenvalue weighted by Crippen LogP contribution is -2.22. The van der Waals surface area contributed by atoms with Gasteiger partial charge < -0.3 is 9.84 Å². The molecular weight excluding hydrogens is 273 g/mol. The van der Waals surface area contributed by atoms with Crippen LogP contribution in [0.25, 0.3) is 5.76 Å². The molecule has 0 aliphatic heterocycles. The summed E-state index contributed by atoms with van der Waals surface area (Å²) >= 11 is 0. The van der Waals surface area contributed by atoms with E-state index in [0.717, 1.165) is 30.3 Å². The Morgan fingerprint density at radius 2 is 1.65 bits per heavy atom. The van der Waals surface area contributed by atoms with Crippen LogP contribution in [0, 0.1) is 0 Å². The van der Waals surface area contributed by atoms with Crippen LogP contribution in [0.1, 0.15) is 31.9 Å². The summed E-state index contributed by atoms with van der Waals surface area (Å²) in [5.41, 5.74) is -1.44. The standard InChI is InChI=1S/C14H15F3O3/c1-13(2,3)20-12(19)8-11(18)9-4-6-10(7-5-9)14(15,16)17/h4-8,18H,1-3H3. The zero-order valence-electron chi connectivity index (χ0n) is 11.3. The largest absolute Gasteiger partial charge is 0.507 e. The molecule has 0 saturated carbocycles. The van der Waals surface area contributed by atoms with Gasteiger partial charge in [0.2, 0.25) is 0 Å². The zero-order chi connectivity index (χ0) is 15.6. The summed E-state index contributed by atoms with van der Waals surface area (Å²) < 4.78 is 42.0. The van der Waals surface area contributed by atoms with Gasteiger partial charge in [0.05, 0.1) is 11.6 Å². The molecule has 0 unspecified atom stereocenters. The first-order chi connectivity index (χ1) is 8.99. The van der Waals surface area contributed by atoms with Crippen molar-refractivity contribution in [2.24, 2.45) is 0 Å². The highest BCUT2D eigenvalue weighted by Crippen LogP contribution is 2.29. The molecule has 0 spiro atoms. The van der Waals surface area contributed by atoms with Crippen LogP contribution in [-0.2, 0) is 15.7 Å². The molecule has 20 heavy (non-hydrogen) atoms. The van der Waals surface area contributed by atoms with E-state index in [1.165, 1.54) is 0 Å². The van der Waals surface area contributed by atoms with Crippen molar-refractivity contribution in [3.63, 3.8) is 0 Å². The first kappa shape index (κ1) is 16.1. The highest BCUT2D eigenvalue weighted by Gasteiger charge is 2.30. The summed E-state index contributed by atoms with van der Waals surface area (Å²) in [6.07, 6.45) is -3.61. The second-order valence-electron chi connectivity index (χ2n) is 5.14. The van der Waals surface area contributed by atoms with Crippen LogP contribution < -0.4 is 0 Å². The average molecular weight is 288 g/mol. The van der Waals surface area contributed by atoms with Crippen molar-refractivity contribution in [3.8, 4) is 0 Å². The Morgan fingerprint density at radius 3 is 2.05 bits per heavy atom. The number of carbonyl (C=O) groups excluding carboxylic acids is 1. The third-order valence-electron chi connectivity index (χ3n) is 2.17. The van der Waals surface area contributed by atoms with Gasteiger partial charge in [-0.05, 0) is 32.9 Å². The van der Waals surface area contributed by atoms with Gasteiger partial charge in [0.25, 0.3) is 0 Å². The van der Waals surface area contributed by atoms with Gasteiger partial charge in [0.1, 0.15) is 11.4 Å². The smallest absolute Gasteiger partial charge is 0.416 e. The van der Waals surface area contributed by atoms with Gasteiger partial charge in [0.15, 0.2) is 0 Å². The number of rotatable bonds is 2. The topological polar surface area (TPSA) is 46.5 Å². The third kappa shape index (κ3) is 4.95. The lowest BCUT2D eigenvalue weighted by Gasteiger charge is -2.18. The number of aliphatic hydroxyl groups excluding tert-OH is 1. The predicted octanol–water partition coefficient (Wildman–Crippen LogP) is 3.95. The minimum Gasteiger partial charge on any atom is -0.507 e. The first-order valence-corrected chi connectivity index (χ1v) is 5.80. The second kappa shape index (κ2) is 5.56. The molecule has 0 aliphatic rings. The van der Waals surface area contributed by atoms with Gasteiger partial charge in [0, 0.05) is 5.56 Å². The number of hydrogen-bond acceptors (Lipinski definition) is 3. The minimum atomic E-state index is -4.44. The Kier molecular flexibility index (Phi) is 4.47. The molecular formula is C14H15F3O3. The SMILES string of the molecule is CC(C)(C)OC(=O)C=C(O)c1ccc(C(F)(F)F)cc1. The number of halogens is 3. The van der Waals surface area contributed by atoms with E-state index in [1.54, 1.807) is 20.8 Å². The van der Waals surface area contributed by atoms with Crippen molar-refractivity contribution in [3.05, 3.63) is 41.5 Å². The van der Waals surface area contributed by atoms with E-state index in [1.807, 2.05) is 0 Å². The Bertz CT molecular complexity index is 508. The average Bonchev–Trinajstić information content (AvgIpc) is 2.25. The van der Waals surface area contributed by atoms with E-state index >= 15 is 0 Å².